The van der Waals surface area contributed by atoms with Crippen LogP contribution < -0.4 is 16.7 Å². The first kappa shape index (κ1) is 16.0. The Morgan fingerprint density at radius 1 is 1.41 bits per heavy atom. The summed E-state index contributed by atoms with van der Waals surface area (Å²) in [5, 5.41) is 10.5. The number of carbonyl (C=O) groups is 1. The fraction of sp³-hybridized carbons (Fsp3) is 0.286. The van der Waals surface area contributed by atoms with E-state index in [9.17, 15) is 9.59 Å². The molecule has 0 aliphatic rings. The van der Waals surface area contributed by atoms with Crippen molar-refractivity contribution in [3.63, 3.8) is 0 Å². The number of anilines is 1. The van der Waals surface area contributed by atoms with Gasteiger partial charge in [0.2, 0.25) is 11.1 Å². The molecule has 1 heterocycles. The first-order chi connectivity index (χ1) is 10.5. The molecule has 0 unspecified atom stereocenters. The molecule has 0 spiro atoms. The molecule has 0 atom stereocenters. The van der Waals surface area contributed by atoms with Gasteiger partial charge < -0.3 is 11.2 Å². The highest BCUT2D eigenvalue weighted by Crippen LogP contribution is 2.14. The lowest BCUT2D eigenvalue weighted by Crippen LogP contribution is -2.32. The van der Waals surface area contributed by atoms with Crippen molar-refractivity contribution in [1.29, 1.82) is 0 Å². The molecular formula is C14H17N5O2S. The van der Waals surface area contributed by atoms with E-state index in [0.29, 0.717) is 0 Å². The van der Waals surface area contributed by atoms with Crippen LogP contribution in [0, 0.1) is 6.92 Å². The van der Waals surface area contributed by atoms with Crippen molar-refractivity contribution in [3.05, 3.63) is 45.9 Å². The predicted octanol–water partition coefficient (Wildman–Crippen LogP) is 0.954. The van der Waals surface area contributed by atoms with Gasteiger partial charge in [0, 0.05) is 5.69 Å². The van der Waals surface area contributed by atoms with E-state index in [1.165, 1.54) is 6.92 Å². The number of amides is 1. The van der Waals surface area contributed by atoms with Crippen molar-refractivity contribution in [2.24, 2.45) is 0 Å². The number of hydrogen-bond acceptors (Lipinski definition) is 6. The number of nitrogens with two attached hydrogens (primary N) is 1. The maximum absolute atomic E-state index is 11.9. The van der Waals surface area contributed by atoms with Gasteiger partial charge in [0.05, 0.1) is 5.75 Å². The van der Waals surface area contributed by atoms with E-state index in [4.69, 9.17) is 5.84 Å². The fourth-order valence-electron chi connectivity index (χ4n) is 1.76. The van der Waals surface area contributed by atoms with Crippen molar-refractivity contribution in [2.75, 3.05) is 16.9 Å². The number of carbonyl (C=O) groups excluding carboxylic acids is 1. The SMILES string of the molecule is CCc1cccc(NC(=O)CSc2nnc(C)c(=O)n2N)c1. The molecule has 1 amide bonds. The van der Waals surface area contributed by atoms with E-state index in [-0.39, 0.29) is 22.5 Å². The van der Waals surface area contributed by atoms with Crippen LogP contribution in [0.15, 0.2) is 34.2 Å². The molecule has 1 aromatic carbocycles. The van der Waals surface area contributed by atoms with Crippen LogP contribution in [0.25, 0.3) is 0 Å². The Balaban J connectivity index is 1.98. The number of rotatable bonds is 5. The maximum atomic E-state index is 11.9. The minimum absolute atomic E-state index is 0.0880. The van der Waals surface area contributed by atoms with Crippen LogP contribution in [0.5, 0.6) is 0 Å². The lowest BCUT2D eigenvalue weighted by Gasteiger charge is -2.08. The van der Waals surface area contributed by atoms with Gasteiger partial charge in [-0.25, -0.2) is 0 Å². The molecule has 1 aromatic heterocycles. The molecule has 8 heteroatoms. The summed E-state index contributed by atoms with van der Waals surface area (Å²) in [4.78, 5) is 23.6. The number of nitrogens with one attached hydrogen (secondary N) is 1. The number of benzene rings is 1. The average Bonchev–Trinajstić information content (AvgIpc) is 2.52. The molecular weight excluding hydrogens is 302 g/mol. The van der Waals surface area contributed by atoms with E-state index < -0.39 is 5.56 Å². The Morgan fingerprint density at radius 3 is 2.91 bits per heavy atom. The Hall–Kier alpha value is -2.35. The van der Waals surface area contributed by atoms with Gasteiger partial charge in [0.15, 0.2) is 0 Å². The second kappa shape index (κ2) is 7.08. The predicted molar refractivity (Wildman–Crippen MR) is 86.4 cm³/mol. The molecule has 7 nitrogen and oxygen atoms in total. The first-order valence-corrected chi connectivity index (χ1v) is 7.72. The average molecular weight is 319 g/mol. The molecule has 0 fully saturated rings. The zero-order chi connectivity index (χ0) is 16.1. The zero-order valence-corrected chi connectivity index (χ0v) is 13.2. The standard InChI is InChI=1S/C14H17N5O2S/c1-3-10-5-4-6-11(7-10)16-12(20)8-22-14-18-17-9(2)13(21)19(14)15/h4-7H,3,8,15H2,1-2H3,(H,16,20). The van der Waals surface area contributed by atoms with E-state index in [1.807, 2.05) is 31.2 Å². The van der Waals surface area contributed by atoms with E-state index in [0.717, 1.165) is 34.1 Å². The summed E-state index contributed by atoms with van der Waals surface area (Å²) in [6.45, 7) is 3.58. The third-order valence-corrected chi connectivity index (χ3v) is 3.91. The van der Waals surface area contributed by atoms with Crippen LogP contribution in [0.1, 0.15) is 18.2 Å². The highest BCUT2D eigenvalue weighted by Gasteiger charge is 2.10. The Morgan fingerprint density at radius 2 is 2.18 bits per heavy atom. The lowest BCUT2D eigenvalue weighted by atomic mass is 10.1. The molecule has 0 aliphatic heterocycles. The minimum atomic E-state index is -0.423. The van der Waals surface area contributed by atoms with Gasteiger partial charge >= 0.3 is 0 Å². The molecule has 2 rings (SSSR count). The summed E-state index contributed by atoms with van der Waals surface area (Å²) in [6.07, 6.45) is 0.900. The minimum Gasteiger partial charge on any atom is -0.334 e. The largest absolute Gasteiger partial charge is 0.334 e. The van der Waals surface area contributed by atoms with Crippen LogP contribution in [0.3, 0.4) is 0 Å². The summed E-state index contributed by atoms with van der Waals surface area (Å²) in [6, 6.07) is 7.64. The summed E-state index contributed by atoms with van der Waals surface area (Å²) in [5.74, 6) is 5.50. The van der Waals surface area contributed by atoms with Crippen molar-refractivity contribution < 1.29 is 4.79 Å². The third kappa shape index (κ3) is 3.85. The molecule has 0 saturated heterocycles. The summed E-state index contributed by atoms with van der Waals surface area (Å²) in [5.41, 5.74) is 1.68. The van der Waals surface area contributed by atoms with Gasteiger partial charge in [-0.2, -0.15) is 4.68 Å². The van der Waals surface area contributed by atoms with Crippen molar-refractivity contribution in [2.45, 2.75) is 25.4 Å². The van der Waals surface area contributed by atoms with Crippen molar-refractivity contribution >= 4 is 23.4 Å². The molecule has 0 aliphatic carbocycles. The number of aromatic nitrogens is 3. The first-order valence-electron chi connectivity index (χ1n) is 6.74. The van der Waals surface area contributed by atoms with E-state index in [1.54, 1.807) is 0 Å². The number of aryl methyl sites for hydroxylation is 2. The number of nitrogen functional groups attached to an aromatic ring is 1. The van der Waals surface area contributed by atoms with Crippen LogP contribution in [0.2, 0.25) is 0 Å². The topological polar surface area (TPSA) is 103 Å². The van der Waals surface area contributed by atoms with E-state index in [2.05, 4.69) is 15.5 Å². The highest BCUT2D eigenvalue weighted by atomic mass is 32.2. The highest BCUT2D eigenvalue weighted by molar-refractivity contribution is 7.99. The van der Waals surface area contributed by atoms with Gasteiger partial charge in [-0.3, -0.25) is 9.59 Å². The summed E-state index contributed by atoms with van der Waals surface area (Å²) in [7, 11) is 0. The van der Waals surface area contributed by atoms with Gasteiger partial charge in [0.25, 0.3) is 5.56 Å². The third-order valence-electron chi connectivity index (χ3n) is 2.97. The zero-order valence-electron chi connectivity index (χ0n) is 12.4. The molecule has 22 heavy (non-hydrogen) atoms. The quantitative estimate of drug-likeness (QED) is 0.628. The normalized spacial score (nSPS) is 10.5. The van der Waals surface area contributed by atoms with Crippen LogP contribution in [-0.4, -0.2) is 26.5 Å². The lowest BCUT2D eigenvalue weighted by molar-refractivity contribution is -0.113. The Bertz CT molecular complexity index is 744. The molecule has 2 aromatic rings. The molecule has 0 saturated carbocycles. The van der Waals surface area contributed by atoms with Crippen molar-refractivity contribution in [1.82, 2.24) is 14.9 Å². The van der Waals surface area contributed by atoms with Gasteiger partial charge in [-0.05, 0) is 31.0 Å². The summed E-state index contributed by atoms with van der Waals surface area (Å²) < 4.78 is 0.901. The number of nitrogens with zero attached hydrogens (tertiary/aromatic N) is 3. The summed E-state index contributed by atoms with van der Waals surface area (Å²) >= 11 is 1.06. The molecule has 0 bridgehead atoms. The monoisotopic (exact) mass is 319 g/mol. The van der Waals surface area contributed by atoms with Crippen LogP contribution >= 0.6 is 11.8 Å². The molecule has 116 valence electrons. The van der Waals surface area contributed by atoms with E-state index >= 15 is 0 Å². The maximum Gasteiger partial charge on any atom is 0.294 e. The van der Waals surface area contributed by atoms with Gasteiger partial charge in [-0.15, -0.1) is 10.2 Å². The molecule has 3 N–H and O–H groups in total. The smallest absolute Gasteiger partial charge is 0.294 e. The molecule has 0 radical (unpaired) electrons. The van der Waals surface area contributed by atoms with Crippen LogP contribution in [-0.2, 0) is 11.2 Å². The Kier molecular flexibility index (Phi) is 5.16. The number of hydrogen-bond donors (Lipinski definition) is 2. The second-order valence-corrected chi connectivity index (χ2v) is 5.58. The van der Waals surface area contributed by atoms with Gasteiger partial charge in [0.1, 0.15) is 5.69 Å². The Labute approximate surface area is 131 Å². The van der Waals surface area contributed by atoms with Gasteiger partial charge in [-0.1, -0.05) is 30.8 Å². The van der Waals surface area contributed by atoms with Crippen molar-refractivity contribution in [3.8, 4) is 0 Å². The van der Waals surface area contributed by atoms with Crippen LogP contribution in [0.4, 0.5) is 5.69 Å². The fourth-order valence-corrected chi connectivity index (χ4v) is 2.42. The second-order valence-electron chi connectivity index (χ2n) is 4.63. The number of thioether (sulfide) groups is 1.